The normalized spacial score (nSPS) is 12.3. The standard InChI is InChI=1S/C14H9F6NO2S/c1-2-23-12(22)10-6-24-11(21-10)8-5-7(13(15,16)17)3-4-9(8)14(18,19)20/h3-6H,2H2,1H3. The van der Waals surface area contributed by atoms with Crippen molar-refractivity contribution in [2.24, 2.45) is 0 Å². The van der Waals surface area contributed by atoms with Crippen molar-refractivity contribution in [2.45, 2.75) is 19.3 Å². The lowest BCUT2D eigenvalue weighted by atomic mass is 10.0. The molecular formula is C14H9F6NO2S. The van der Waals surface area contributed by atoms with Crippen molar-refractivity contribution in [2.75, 3.05) is 6.61 Å². The van der Waals surface area contributed by atoms with Crippen molar-refractivity contribution in [1.82, 2.24) is 4.98 Å². The van der Waals surface area contributed by atoms with Crippen LogP contribution in [-0.2, 0) is 17.1 Å². The first kappa shape index (κ1) is 18.2. The number of rotatable bonds is 3. The van der Waals surface area contributed by atoms with Gasteiger partial charge in [0.05, 0.1) is 17.7 Å². The highest BCUT2D eigenvalue weighted by Gasteiger charge is 2.38. The molecule has 0 saturated heterocycles. The molecular weight excluding hydrogens is 360 g/mol. The molecule has 2 aromatic rings. The van der Waals surface area contributed by atoms with Crippen LogP contribution < -0.4 is 0 Å². The first-order valence-corrected chi connectivity index (χ1v) is 7.33. The van der Waals surface area contributed by atoms with E-state index in [1.54, 1.807) is 0 Å². The molecule has 0 aliphatic rings. The van der Waals surface area contributed by atoms with Gasteiger partial charge in [-0.15, -0.1) is 11.3 Å². The predicted octanol–water partition coefficient (Wildman–Crippen LogP) is 5.02. The SMILES string of the molecule is CCOC(=O)c1csc(-c2cc(C(F)(F)F)ccc2C(F)(F)F)n1. The zero-order valence-electron chi connectivity index (χ0n) is 12.0. The molecule has 2 rings (SSSR count). The third kappa shape index (κ3) is 3.86. The number of hydrogen-bond donors (Lipinski definition) is 0. The number of benzene rings is 1. The number of hydrogen-bond acceptors (Lipinski definition) is 4. The molecule has 0 N–H and O–H groups in total. The maximum Gasteiger partial charge on any atom is 0.417 e. The van der Waals surface area contributed by atoms with Gasteiger partial charge < -0.3 is 4.74 Å². The summed E-state index contributed by atoms with van der Waals surface area (Å²) in [7, 11) is 0. The Bertz CT molecular complexity index is 750. The summed E-state index contributed by atoms with van der Waals surface area (Å²) in [6.07, 6.45) is -9.67. The van der Waals surface area contributed by atoms with Gasteiger partial charge in [-0.2, -0.15) is 26.3 Å². The molecule has 130 valence electrons. The Hall–Kier alpha value is -2.10. The molecule has 0 radical (unpaired) electrons. The minimum atomic E-state index is -4.87. The van der Waals surface area contributed by atoms with Crippen LogP contribution in [0.2, 0.25) is 0 Å². The van der Waals surface area contributed by atoms with E-state index in [4.69, 9.17) is 0 Å². The second-order valence-corrected chi connectivity index (χ2v) is 5.37. The van der Waals surface area contributed by atoms with Gasteiger partial charge >= 0.3 is 18.3 Å². The zero-order chi connectivity index (χ0) is 18.1. The van der Waals surface area contributed by atoms with Gasteiger partial charge in [0.15, 0.2) is 5.69 Å². The second-order valence-electron chi connectivity index (χ2n) is 4.51. The van der Waals surface area contributed by atoms with Gasteiger partial charge in [0.1, 0.15) is 5.01 Å². The Morgan fingerprint density at radius 1 is 1.17 bits per heavy atom. The van der Waals surface area contributed by atoms with Gasteiger partial charge in [-0.05, 0) is 25.1 Å². The molecule has 0 saturated carbocycles. The topological polar surface area (TPSA) is 39.2 Å². The van der Waals surface area contributed by atoms with Gasteiger partial charge in [0.25, 0.3) is 0 Å². The quantitative estimate of drug-likeness (QED) is 0.563. The largest absolute Gasteiger partial charge is 0.461 e. The van der Waals surface area contributed by atoms with Crippen LogP contribution in [0.4, 0.5) is 26.3 Å². The molecule has 24 heavy (non-hydrogen) atoms. The number of ether oxygens (including phenoxy) is 1. The van der Waals surface area contributed by atoms with Crippen LogP contribution in [0.3, 0.4) is 0 Å². The highest BCUT2D eigenvalue weighted by Crippen LogP contribution is 2.41. The summed E-state index contributed by atoms with van der Waals surface area (Å²) in [5.41, 5.74) is -3.50. The summed E-state index contributed by atoms with van der Waals surface area (Å²) in [4.78, 5) is 15.2. The Morgan fingerprint density at radius 3 is 2.38 bits per heavy atom. The lowest BCUT2D eigenvalue weighted by Crippen LogP contribution is -2.11. The van der Waals surface area contributed by atoms with Crippen molar-refractivity contribution in [3.05, 3.63) is 40.4 Å². The highest BCUT2D eigenvalue weighted by molar-refractivity contribution is 7.13. The number of alkyl halides is 6. The van der Waals surface area contributed by atoms with Crippen LogP contribution in [-0.4, -0.2) is 17.6 Å². The van der Waals surface area contributed by atoms with Crippen molar-refractivity contribution < 1.29 is 35.9 Å². The lowest BCUT2D eigenvalue weighted by Gasteiger charge is -2.14. The minimum Gasteiger partial charge on any atom is -0.461 e. The van der Waals surface area contributed by atoms with Gasteiger partial charge in [0.2, 0.25) is 0 Å². The first-order chi connectivity index (χ1) is 11.0. The van der Waals surface area contributed by atoms with Crippen LogP contribution in [0, 0.1) is 0 Å². The Labute approximate surface area is 135 Å². The van der Waals surface area contributed by atoms with Crippen LogP contribution in [0.15, 0.2) is 23.6 Å². The zero-order valence-corrected chi connectivity index (χ0v) is 12.8. The van der Waals surface area contributed by atoms with Gasteiger partial charge in [-0.25, -0.2) is 9.78 Å². The van der Waals surface area contributed by atoms with Gasteiger partial charge in [0, 0.05) is 10.9 Å². The number of halogens is 6. The molecule has 0 fully saturated rings. The highest BCUT2D eigenvalue weighted by atomic mass is 32.1. The smallest absolute Gasteiger partial charge is 0.417 e. The minimum absolute atomic E-state index is 0.0308. The average molecular weight is 369 g/mol. The summed E-state index contributed by atoms with van der Waals surface area (Å²) in [5, 5.41) is 0.782. The van der Waals surface area contributed by atoms with Gasteiger partial charge in [-0.3, -0.25) is 0 Å². The maximum absolute atomic E-state index is 13.1. The van der Waals surface area contributed by atoms with E-state index in [-0.39, 0.29) is 17.3 Å². The molecule has 0 spiro atoms. The fourth-order valence-electron chi connectivity index (χ4n) is 1.84. The number of carbonyl (C=O) groups excluding carboxylic acids is 1. The monoisotopic (exact) mass is 369 g/mol. The number of aromatic nitrogens is 1. The van der Waals surface area contributed by atoms with Crippen LogP contribution in [0.5, 0.6) is 0 Å². The number of thiazole rings is 1. The van der Waals surface area contributed by atoms with E-state index in [1.807, 2.05) is 0 Å². The second kappa shape index (κ2) is 6.42. The summed E-state index contributed by atoms with van der Waals surface area (Å²) in [6.45, 7) is 1.56. The number of esters is 1. The Kier molecular flexibility index (Phi) is 4.88. The van der Waals surface area contributed by atoms with E-state index in [0.717, 1.165) is 5.38 Å². The van der Waals surface area contributed by atoms with E-state index in [1.165, 1.54) is 6.92 Å². The van der Waals surface area contributed by atoms with E-state index in [9.17, 15) is 31.1 Å². The summed E-state index contributed by atoms with van der Waals surface area (Å²) < 4.78 is 82.1. The van der Waals surface area contributed by atoms with Crippen LogP contribution in [0.1, 0.15) is 28.5 Å². The van der Waals surface area contributed by atoms with E-state index >= 15 is 0 Å². The molecule has 1 aromatic heterocycles. The number of nitrogens with zero attached hydrogens (tertiary/aromatic N) is 1. The molecule has 0 aliphatic heterocycles. The molecule has 1 aromatic carbocycles. The predicted molar refractivity (Wildman–Crippen MR) is 73.5 cm³/mol. The molecule has 3 nitrogen and oxygen atoms in total. The van der Waals surface area contributed by atoms with Crippen molar-refractivity contribution >= 4 is 17.3 Å². The third-order valence-corrected chi connectivity index (χ3v) is 3.75. The average Bonchev–Trinajstić information content (AvgIpc) is 2.95. The summed E-state index contributed by atoms with van der Waals surface area (Å²) in [5.74, 6) is -0.861. The molecule has 0 atom stereocenters. The third-order valence-electron chi connectivity index (χ3n) is 2.87. The fraction of sp³-hybridized carbons (Fsp3) is 0.286. The molecule has 0 unspecified atom stereocenters. The lowest BCUT2D eigenvalue weighted by molar-refractivity contribution is -0.141. The van der Waals surface area contributed by atoms with Gasteiger partial charge in [-0.1, -0.05) is 0 Å². The maximum atomic E-state index is 13.1. The van der Waals surface area contributed by atoms with Crippen molar-refractivity contribution in [1.29, 1.82) is 0 Å². The summed E-state index contributed by atoms with van der Waals surface area (Å²) in [6, 6.07) is 1.08. The van der Waals surface area contributed by atoms with E-state index in [0.29, 0.717) is 29.5 Å². The van der Waals surface area contributed by atoms with Crippen LogP contribution >= 0.6 is 11.3 Å². The number of carbonyl (C=O) groups is 1. The molecule has 1 heterocycles. The van der Waals surface area contributed by atoms with Crippen LogP contribution in [0.25, 0.3) is 10.6 Å². The van der Waals surface area contributed by atoms with Crippen molar-refractivity contribution in [3.63, 3.8) is 0 Å². The first-order valence-electron chi connectivity index (χ1n) is 6.45. The molecule has 0 bridgehead atoms. The molecule has 0 aliphatic carbocycles. The summed E-state index contributed by atoms with van der Waals surface area (Å²) >= 11 is 0.627. The van der Waals surface area contributed by atoms with E-state index in [2.05, 4.69) is 9.72 Å². The molecule has 0 amide bonds. The van der Waals surface area contributed by atoms with E-state index < -0.39 is 35.0 Å². The Balaban J connectivity index is 2.56. The van der Waals surface area contributed by atoms with Crippen molar-refractivity contribution in [3.8, 4) is 10.6 Å². The Morgan fingerprint density at radius 2 is 1.83 bits per heavy atom. The molecule has 10 heteroatoms. The fourth-order valence-corrected chi connectivity index (χ4v) is 2.66.